The first-order chi connectivity index (χ1) is 6.88. The molecular formula is C11H22N3. The molecule has 0 aromatic carbocycles. The van der Waals surface area contributed by atoms with Crippen LogP contribution in [-0.4, -0.2) is 50.2 Å². The summed E-state index contributed by atoms with van der Waals surface area (Å²) in [7, 11) is 0. The summed E-state index contributed by atoms with van der Waals surface area (Å²) < 4.78 is 0. The first-order valence-electron chi connectivity index (χ1n) is 5.86. The SMILES string of the molecule is [CH2]C(C1CCNCC1)N1CCNCC1. The Balaban J connectivity index is 1.82. The third kappa shape index (κ3) is 2.47. The molecule has 2 aliphatic heterocycles. The fourth-order valence-electron chi connectivity index (χ4n) is 2.54. The minimum absolute atomic E-state index is 0.541. The second kappa shape index (κ2) is 5.10. The first-order valence-corrected chi connectivity index (χ1v) is 5.86. The van der Waals surface area contributed by atoms with Gasteiger partial charge in [0.1, 0.15) is 0 Å². The predicted molar refractivity (Wildman–Crippen MR) is 59.2 cm³/mol. The smallest absolute Gasteiger partial charge is 0.0126 e. The standard InChI is InChI=1S/C11H22N3/c1-10(11-2-4-12-5-3-11)14-8-6-13-7-9-14/h10-13H,1-9H2. The van der Waals surface area contributed by atoms with Crippen LogP contribution in [0, 0.1) is 12.8 Å². The fourth-order valence-corrected chi connectivity index (χ4v) is 2.54. The zero-order valence-electron chi connectivity index (χ0n) is 8.97. The van der Waals surface area contributed by atoms with Crippen LogP contribution in [0.3, 0.4) is 0 Å². The highest BCUT2D eigenvalue weighted by Gasteiger charge is 2.25. The minimum atomic E-state index is 0.541. The topological polar surface area (TPSA) is 27.3 Å². The van der Waals surface area contributed by atoms with Crippen LogP contribution in [0.15, 0.2) is 0 Å². The van der Waals surface area contributed by atoms with E-state index in [1.165, 1.54) is 39.0 Å². The van der Waals surface area contributed by atoms with Crippen LogP contribution in [0.25, 0.3) is 0 Å². The van der Waals surface area contributed by atoms with Gasteiger partial charge >= 0.3 is 0 Å². The number of piperidine rings is 1. The van der Waals surface area contributed by atoms with Crippen molar-refractivity contribution in [1.82, 2.24) is 15.5 Å². The number of nitrogens with zero attached hydrogens (tertiary/aromatic N) is 1. The third-order valence-corrected chi connectivity index (χ3v) is 3.55. The van der Waals surface area contributed by atoms with E-state index in [0.717, 1.165) is 19.0 Å². The zero-order valence-corrected chi connectivity index (χ0v) is 8.97. The van der Waals surface area contributed by atoms with E-state index in [-0.39, 0.29) is 0 Å². The molecule has 2 N–H and O–H groups in total. The normalized spacial score (nSPS) is 28.9. The zero-order chi connectivity index (χ0) is 9.80. The van der Waals surface area contributed by atoms with E-state index in [0.29, 0.717) is 6.04 Å². The van der Waals surface area contributed by atoms with Gasteiger partial charge in [-0.25, -0.2) is 0 Å². The van der Waals surface area contributed by atoms with Crippen molar-refractivity contribution in [2.45, 2.75) is 18.9 Å². The molecule has 0 aromatic rings. The molecule has 1 radical (unpaired) electrons. The minimum Gasteiger partial charge on any atom is -0.317 e. The molecule has 14 heavy (non-hydrogen) atoms. The van der Waals surface area contributed by atoms with E-state index in [2.05, 4.69) is 22.5 Å². The molecule has 0 bridgehead atoms. The molecule has 2 fully saturated rings. The largest absolute Gasteiger partial charge is 0.317 e. The highest BCUT2D eigenvalue weighted by Crippen LogP contribution is 2.20. The Labute approximate surface area is 87.2 Å². The average Bonchev–Trinajstić information content (AvgIpc) is 2.30. The summed E-state index contributed by atoms with van der Waals surface area (Å²) in [6.45, 7) is 11.4. The summed E-state index contributed by atoms with van der Waals surface area (Å²) in [5.74, 6) is 0.814. The van der Waals surface area contributed by atoms with Crippen molar-refractivity contribution in [3.63, 3.8) is 0 Å². The molecule has 2 heterocycles. The van der Waals surface area contributed by atoms with E-state index in [1.54, 1.807) is 0 Å². The maximum absolute atomic E-state index is 4.36. The van der Waals surface area contributed by atoms with Gasteiger partial charge in [0.15, 0.2) is 0 Å². The highest BCUT2D eigenvalue weighted by molar-refractivity contribution is 4.86. The van der Waals surface area contributed by atoms with Crippen molar-refractivity contribution in [2.75, 3.05) is 39.3 Å². The lowest BCUT2D eigenvalue weighted by Gasteiger charge is -2.38. The van der Waals surface area contributed by atoms with Gasteiger partial charge in [-0.15, -0.1) is 0 Å². The van der Waals surface area contributed by atoms with Gasteiger partial charge in [-0.05, 0) is 38.8 Å². The van der Waals surface area contributed by atoms with E-state index in [9.17, 15) is 0 Å². The molecular weight excluding hydrogens is 174 g/mol. The highest BCUT2D eigenvalue weighted by atomic mass is 15.2. The molecule has 0 aliphatic carbocycles. The lowest BCUT2D eigenvalue weighted by atomic mass is 9.90. The summed E-state index contributed by atoms with van der Waals surface area (Å²) >= 11 is 0. The second-order valence-corrected chi connectivity index (χ2v) is 4.44. The van der Waals surface area contributed by atoms with Gasteiger partial charge in [0.25, 0.3) is 0 Å². The van der Waals surface area contributed by atoms with Gasteiger partial charge in [0.2, 0.25) is 0 Å². The van der Waals surface area contributed by atoms with Crippen molar-refractivity contribution >= 4 is 0 Å². The molecule has 2 rings (SSSR count). The predicted octanol–water partition coefficient (Wildman–Crippen LogP) is 0.0939. The molecule has 1 unspecified atom stereocenters. The van der Waals surface area contributed by atoms with Crippen LogP contribution in [0.5, 0.6) is 0 Å². The van der Waals surface area contributed by atoms with E-state index < -0.39 is 0 Å². The van der Waals surface area contributed by atoms with Gasteiger partial charge in [0.05, 0.1) is 0 Å². The van der Waals surface area contributed by atoms with Crippen molar-refractivity contribution in [3.8, 4) is 0 Å². The lowest BCUT2D eigenvalue weighted by molar-refractivity contribution is 0.136. The Morgan fingerprint density at radius 3 is 2.21 bits per heavy atom. The Morgan fingerprint density at radius 2 is 1.57 bits per heavy atom. The number of piperazine rings is 1. The van der Waals surface area contributed by atoms with Crippen molar-refractivity contribution < 1.29 is 0 Å². The van der Waals surface area contributed by atoms with Crippen LogP contribution in [-0.2, 0) is 0 Å². The average molecular weight is 196 g/mol. The quantitative estimate of drug-likeness (QED) is 0.656. The van der Waals surface area contributed by atoms with Gasteiger partial charge in [0, 0.05) is 32.2 Å². The Morgan fingerprint density at radius 1 is 1.00 bits per heavy atom. The molecule has 3 heteroatoms. The van der Waals surface area contributed by atoms with Gasteiger partial charge in [-0.2, -0.15) is 0 Å². The van der Waals surface area contributed by atoms with Crippen LogP contribution >= 0.6 is 0 Å². The molecule has 81 valence electrons. The summed E-state index contributed by atoms with van der Waals surface area (Å²) in [4.78, 5) is 2.55. The Hall–Kier alpha value is -0.120. The Kier molecular flexibility index (Phi) is 3.79. The van der Waals surface area contributed by atoms with Crippen LogP contribution in [0.2, 0.25) is 0 Å². The lowest BCUT2D eigenvalue weighted by Crippen LogP contribution is -2.51. The molecule has 0 saturated carbocycles. The number of hydrogen-bond acceptors (Lipinski definition) is 3. The molecule has 2 aliphatic rings. The summed E-state index contributed by atoms with van der Waals surface area (Å²) in [5.41, 5.74) is 0. The fraction of sp³-hybridized carbons (Fsp3) is 0.909. The number of rotatable bonds is 2. The first kappa shape index (κ1) is 10.4. The second-order valence-electron chi connectivity index (χ2n) is 4.44. The summed E-state index contributed by atoms with van der Waals surface area (Å²) in [5, 5.41) is 6.80. The van der Waals surface area contributed by atoms with E-state index in [4.69, 9.17) is 0 Å². The van der Waals surface area contributed by atoms with Gasteiger partial charge in [-0.3, -0.25) is 4.90 Å². The monoisotopic (exact) mass is 196 g/mol. The molecule has 0 spiro atoms. The maximum Gasteiger partial charge on any atom is 0.0126 e. The molecule has 1 atom stereocenters. The summed E-state index contributed by atoms with van der Waals surface area (Å²) in [6, 6.07) is 0.541. The number of nitrogens with one attached hydrogen (secondary N) is 2. The van der Waals surface area contributed by atoms with Crippen molar-refractivity contribution in [2.24, 2.45) is 5.92 Å². The number of hydrogen-bond donors (Lipinski definition) is 2. The Bertz CT molecular complexity index is 142. The van der Waals surface area contributed by atoms with Crippen molar-refractivity contribution in [3.05, 3.63) is 6.92 Å². The summed E-state index contributed by atoms with van der Waals surface area (Å²) in [6.07, 6.45) is 2.61. The maximum atomic E-state index is 4.36. The van der Waals surface area contributed by atoms with Crippen LogP contribution < -0.4 is 10.6 Å². The van der Waals surface area contributed by atoms with Crippen molar-refractivity contribution in [1.29, 1.82) is 0 Å². The van der Waals surface area contributed by atoms with Gasteiger partial charge < -0.3 is 10.6 Å². The van der Waals surface area contributed by atoms with Gasteiger partial charge in [-0.1, -0.05) is 0 Å². The molecule has 0 amide bonds. The van der Waals surface area contributed by atoms with Crippen LogP contribution in [0.4, 0.5) is 0 Å². The molecule has 3 nitrogen and oxygen atoms in total. The third-order valence-electron chi connectivity index (χ3n) is 3.55. The van der Waals surface area contributed by atoms with E-state index in [1.807, 2.05) is 0 Å². The molecule has 0 aromatic heterocycles. The van der Waals surface area contributed by atoms with E-state index >= 15 is 0 Å². The molecule has 2 saturated heterocycles. The van der Waals surface area contributed by atoms with Crippen LogP contribution in [0.1, 0.15) is 12.8 Å².